The molecule has 0 amide bonds. The van der Waals surface area contributed by atoms with Gasteiger partial charge in [0.1, 0.15) is 12.4 Å². The highest BCUT2D eigenvalue weighted by molar-refractivity contribution is 7.93. The molecule has 4 rings (SSSR count). The number of nitrogens with one attached hydrogen (secondary N) is 2. The van der Waals surface area contributed by atoms with Crippen molar-refractivity contribution in [3.63, 3.8) is 0 Å². The summed E-state index contributed by atoms with van der Waals surface area (Å²) in [4.78, 5) is 3.40. The Morgan fingerprint density at radius 2 is 1.78 bits per heavy atom. The number of halogens is 1. The lowest BCUT2D eigenvalue weighted by molar-refractivity contribution is 0.172. The number of para-hydroxylation sites is 1. The van der Waals surface area contributed by atoms with Gasteiger partial charge in [0, 0.05) is 47.2 Å². The van der Waals surface area contributed by atoms with Gasteiger partial charge in [0.05, 0.1) is 23.6 Å². The first-order valence-corrected chi connectivity index (χ1v) is 12.3. The van der Waals surface area contributed by atoms with Gasteiger partial charge in [-0.2, -0.15) is 3.82 Å². The van der Waals surface area contributed by atoms with Gasteiger partial charge < -0.3 is 20.1 Å². The van der Waals surface area contributed by atoms with E-state index in [0.29, 0.717) is 34.8 Å². The van der Waals surface area contributed by atoms with Crippen molar-refractivity contribution in [3.05, 3.63) is 72.3 Å². The second kappa shape index (κ2) is 9.38. The van der Waals surface area contributed by atoms with Crippen molar-refractivity contribution < 1.29 is 18.3 Å². The highest BCUT2D eigenvalue weighted by Crippen LogP contribution is 2.28. The summed E-state index contributed by atoms with van der Waals surface area (Å²) in [7, 11) is -3.54. The van der Waals surface area contributed by atoms with Gasteiger partial charge in [-0.1, -0.05) is 30.3 Å². The standard InChI is InChI=1S/C23H24ClN3O4S/c1-32(29,30)27(24)17-8-6-16(7-9-17)23(28)15-25-12-13-31-18-10-11-20-19-4-2-3-5-21(19)26-22(20)14-18/h2-11,14,23,25-26,28H,12-13,15H2,1H3. The first-order valence-electron chi connectivity index (χ1n) is 10.1. The Morgan fingerprint density at radius 1 is 1.06 bits per heavy atom. The number of benzene rings is 3. The summed E-state index contributed by atoms with van der Waals surface area (Å²) in [5, 5.41) is 15.8. The van der Waals surface area contributed by atoms with Crippen LogP contribution in [-0.2, 0) is 10.0 Å². The van der Waals surface area contributed by atoms with Crippen LogP contribution in [0.25, 0.3) is 21.8 Å². The number of fused-ring (bicyclic) bond motifs is 3. The number of anilines is 1. The van der Waals surface area contributed by atoms with Gasteiger partial charge in [0.2, 0.25) is 10.0 Å². The number of hydrogen-bond donors (Lipinski definition) is 3. The lowest BCUT2D eigenvalue weighted by Gasteiger charge is -2.16. The van der Waals surface area contributed by atoms with Crippen LogP contribution in [0.3, 0.4) is 0 Å². The minimum atomic E-state index is -3.54. The van der Waals surface area contributed by atoms with Crippen molar-refractivity contribution in [1.29, 1.82) is 0 Å². The van der Waals surface area contributed by atoms with E-state index < -0.39 is 16.1 Å². The smallest absolute Gasteiger partial charge is 0.246 e. The van der Waals surface area contributed by atoms with Gasteiger partial charge >= 0.3 is 0 Å². The molecule has 168 valence electrons. The monoisotopic (exact) mass is 473 g/mol. The summed E-state index contributed by atoms with van der Waals surface area (Å²) >= 11 is 5.79. The van der Waals surface area contributed by atoms with Crippen LogP contribution >= 0.6 is 11.8 Å². The van der Waals surface area contributed by atoms with Crippen LogP contribution in [-0.4, -0.2) is 44.5 Å². The van der Waals surface area contributed by atoms with E-state index in [1.807, 2.05) is 24.3 Å². The SMILES string of the molecule is CS(=O)(=O)N(Cl)c1ccc(C(O)CNCCOc2ccc3c(c2)[nH]c2ccccc23)cc1. The molecule has 3 N–H and O–H groups in total. The quantitative estimate of drug-likeness (QED) is 0.253. The fraction of sp³-hybridized carbons (Fsp3) is 0.217. The molecule has 32 heavy (non-hydrogen) atoms. The molecule has 0 fully saturated rings. The van der Waals surface area contributed by atoms with Crippen LogP contribution < -0.4 is 13.9 Å². The third kappa shape index (κ3) is 4.99. The van der Waals surface area contributed by atoms with Gasteiger partial charge in [-0.25, -0.2) is 8.42 Å². The van der Waals surface area contributed by atoms with Crippen LogP contribution in [0, 0.1) is 0 Å². The van der Waals surface area contributed by atoms with Crippen LogP contribution in [0.2, 0.25) is 0 Å². The Hall–Kier alpha value is -2.78. The predicted molar refractivity (Wildman–Crippen MR) is 129 cm³/mol. The molecule has 1 atom stereocenters. The minimum Gasteiger partial charge on any atom is -0.492 e. The molecular formula is C23H24ClN3O4S. The summed E-state index contributed by atoms with van der Waals surface area (Å²) in [5.74, 6) is 0.776. The van der Waals surface area contributed by atoms with Crippen molar-refractivity contribution in [3.8, 4) is 5.75 Å². The van der Waals surface area contributed by atoms with E-state index in [1.165, 1.54) is 5.39 Å². The van der Waals surface area contributed by atoms with Crippen molar-refractivity contribution in [1.82, 2.24) is 10.3 Å². The van der Waals surface area contributed by atoms with Gasteiger partial charge in [-0.15, -0.1) is 0 Å². The Balaban J connectivity index is 1.26. The molecule has 1 heterocycles. The number of aliphatic hydroxyl groups is 1. The molecule has 0 saturated heterocycles. The van der Waals surface area contributed by atoms with Crippen molar-refractivity contribution in [2.75, 3.05) is 29.8 Å². The number of ether oxygens (including phenoxy) is 1. The zero-order valence-corrected chi connectivity index (χ0v) is 19.0. The van der Waals surface area contributed by atoms with Gasteiger partial charge in [-0.3, -0.25) is 0 Å². The molecule has 0 saturated carbocycles. The summed E-state index contributed by atoms with van der Waals surface area (Å²) in [6, 6.07) is 20.6. The van der Waals surface area contributed by atoms with E-state index in [0.717, 1.165) is 28.4 Å². The van der Waals surface area contributed by atoms with Gasteiger partial charge in [0.15, 0.2) is 0 Å². The first kappa shape index (κ1) is 22.4. The van der Waals surface area contributed by atoms with Crippen LogP contribution in [0.1, 0.15) is 11.7 Å². The fourth-order valence-corrected chi connectivity index (χ4v) is 4.14. The number of aromatic nitrogens is 1. The molecule has 1 unspecified atom stereocenters. The Morgan fingerprint density at radius 3 is 2.53 bits per heavy atom. The van der Waals surface area contributed by atoms with E-state index >= 15 is 0 Å². The topological polar surface area (TPSA) is 94.7 Å². The highest BCUT2D eigenvalue weighted by atomic mass is 35.5. The number of aliphatic hydroxyl groups excluding tert-OH is 1. The van der Waals surface area contributed by atoms with Crippen LogP contribution in [0.5, 0.6) is 5.75 Å². The number of H-pyrrole nitrogens is 1. The van der Waals surface area contributed by atoms with E-state index in [1.54, 1.807) is 24.3 Å². The molecular weight excluding hydrogens is 450 g/mol. The van der Waals surface area contributed by atoms with Gasteiger partial charge in [-0.05, 0) is 35.9 Å². The van der Waals surface area contributed by atoms with Gasteiger partial charge in [0.25, 0.3) is 0 Å². The molecule has 0 bridgehead atoms. The lowest BCUT2D eigenvalue weighted by atomic mass is 10.1. The normalized spacial score (nSPS) is 12.8. The summed E-state index contributed by atoms with van der Waals surface area (Å²) in [5.41, 5.74) is 3.10. The fourth-order valence-electron chi connectivity index (χ4n) is 3.53. The molecule has 0 aliphatic carbocycles. The Bertz CT molecular complexity index is 1320. The number of rotatable bonds is 9. The number of sulfonamides is 1. The molecule has 0 radical (unpaired) electrons. The van der Waals surface area contributed by atoms with Crippen molar-refractivity contribution >= 4 is 49.3 Å². The maximum absolute atomic E-state index is 11.5. The molecule has 0 aliphatic rings. The zero-order chi connectivity index (χ0) is 22.7. The third-order valence-electron chi connectivity index (χ3n) is 5.13. The molecule has 0 aliphatic heterocycles. The maximum Gasteiger partial charge on any atom is 0.246 e. The number of hydrogen-bond acceptors (Lipinski definition) is 5. The van der Waals surface area contributed by atoms with Crippen LogP contribution in [0.15, 0.2) is 66.7 Å². The second-order valence-electron chi connectivity index (χ2n) is 7.52. The molecule has 4 aromatic rings. The molecule has 1 aromatic heterocycles. The first-order chi connectivity index (χ1) is 15.3. The number of aromatic amines is 1. The second-order valence-corrected chi connectivity index (χ2v) is 9.89. The van der Waals surface area contributed by atoms with Crippen LogP contribution in [0.4, 0.5) is 5.69 Å². The number of nitrogens with zero attached hydrogens (tertiary/aromatic N) is 1. The minimum absolute atomic E-state index is 0.318. The van der Waals surface area contributed by atoms with E-state index in [4.69, 9.17) is 16.5 Å². The summed E-state index contributed by atoms with van der Waals surface area (Å²) in [6.45, 7) is 1.34. The molecule has 9 heteroatoms. The summed E-state index contributed by atoms with van der Waals surface area (Å²) < 4.78 is 29.5. The van der Waals surface area contributed by atoms with E-state index in [2.05, 4.69) is 28.5 Å². The zero-order valence-electron chi connectivity index (χ0n) is 17.5. The molecule has 0 spiro atoms. The molecule has 7 nitrogen and oxygen atoms in total. The maximum atomic E-state index is 11.5. The van der Waals surface area contributed by atoms with Crippen molar-refractivity contribution in [2.24, 2.45) is 0 Å². The largest absolute Gasteiger partial charge is 0.492 e. The lowest BCUT2D eigenvalue weighted by Crippen LogP contribution is -2.26. The average Bonchev–Trinajstić information content (AvgIpc) is 3.15. The molecule has 3 aromatic carbocycles. The van der Waals surface area contributed by atoms with E-state index in [-0.39, 0.29) is 0 Å². The Kier molecular flexibility index (Phi) is 6.57. The van der Waals surface area contributed by atoms with E-state index in [9.17, 15) is 13.5 Å². The summed E-state index contributed by atoms with van der Waals surface area (Å²) in [6.07, 6.45) is 0.279. The highest BCUT2D eigenvalue weighted by Gasteiger charge is 2.15. The van der Waals surface area contributed by atoms with Crippen molar-refractivity contribution in [2.45, 2.75) is 6.10 Å². The Labute approximate surface area is 191 Å². The third-order valence-corrected chi connectivity index (χ3v) is 6.88. The predicted octanol–water partition coefficient (Wildman–Crippen LogP) is 3.94. The average molecular weight is 474 g/mol.